The van der Waals surface area contributed by atoms with Gasteiger partial charge in [0.1, 0.15) is 0 Å². The van der Waals surface area contributed by atoms with Crippen LogP contribution in [0.1, 0.15) is 46.0 Å². The minimum Gasteiger partial charge on any atom is -0.389 e. The van der Waals surface area contributed by atoms with Crippen molar-refractivity contribution in [2.75, 3.05) is 27.2 Å². The van der Waals surface area contributed by atoms with E-state index in [4.69, 9.17) is 0 Å². The van der Waals surface area contributed by atoms with E-state index in [0.717, 1.165) is 25.7 Å². The molecule has 0 saturated heterocycles. The molecule has 0 atom stereocenters. The van der Waals surface area contributed by atoms with E-state index in [1.807, 2.05) is 0 Å². The van der Waals surface area contributed by atoms with E-state index in [2.05, 4.69) is 19.2 Å². The van der Waals surface area contributed by atoms with Crippen LogP contribution in [0.15, 0.2) is 0 Å². The van der Waals surface area contributed by atoms with E-state index in [1.165, 1.54) is 0 Å². The molecule has 0 aromatic rings. The summed E-state index contributed by atoms with van der Waals surface area (Å²) in [5.41, 5.74) is -0.205. The molecule has 0 bridgehead atoms. The van der Waals surface area contributed by atoms with Crippen molar-refractivity contribution in [2.45, 2.75) is 51.6 Å². The zero-order valence-electron chi connectivity index (χ0n) is 12.3. The van der Waals surface area contributed by atoms with Crippen molar-refractivity contribution in [3.05, 3.63) is 0 Å². The molecule has 0 heterocycles. The number of hydrogen-bond acceptors (Lipinski definition) is 3. The predicted octanol–water partition coefficient (Wildman–Crippen LogP) is 1.39. The number of carbonyl (C=O) groups excluding carboxylic acids is 1. The molecule has 1 rings (SSSR count). The van der Waals surface area contributed by atoms with Crippen molar-refractivity contribution in [3.63, 3.8) is 0 Å². The summed E-state index contributed by atoms with van der Waals surface area (Å²) in [6.45, 7) is 5.76. The zero-order chi connectivity index (χ0) is 13.8. The van der Waals surface area contributed by atoms with Gasteiger partial charge in [0.15, 0.2) is 0 Å². The molecule has 1 amide bonds. The normalized spacial score (nSPS) is 21.6. The van der Waals surface area contributed by atoms with Crippen molar-refractivity contribution < 1.29 is 9.90 Å². The van der Waals surface area contributed by atoms with Crippen molar-refractivity contribution >= 4 is 5.91 Å². The van der Waals surface area contributed by atoms with Gasteiger partial charge >= 0.3 is 0 Å². The number of hydrogen-bond donors (Lipinski definition) is 2. The topological polar surface area (TPSA) is 52.6 Å². The lowest BCUT2D eigenvalue weighted by atomic mass is 9.71. The van der Waals surface area contributed by atoms with Gasteiger partial charge in [-0.1, -0.05) is 13.8 Å². The van der Waals surface area contributed by atoms with Crippen molar-refractivity contribution in [1.82, 2.24) is 10.2 Å². The Morgan fingerprint density at radius 1 is 1.22 bits per heavy atom. The minimum atomic E-state index is -0.573. The standard InChI is InChI=1S/C14H28N2O2/c1-13(2)6-8-14(18,9-7-13)11-15-10-5-12(17)16(3)4/h15,18H,5-11H2,1-4H3. The van der Waals surface area contributed by atoms with Crippen LogP contribution in [0, 0.1) is 5.41 Å². The van der Waals surface area contributed by atoms with Gasteiger partial charge in [-0.05, 0) is 31.1 Å². The van der Waals surface area contributed by atoms with Gasteiger partial charge in [-0.15, -0.1) is 0 Å². The van der Waals surface area contributed by atoms with Crippen molar-refractivity contribution in [1.29, 1.82) is 0 Å². The molecule has 18 heavy (non-hydrogen) atoms. The molecule has 2 N–H and O–H groups in total. The third-order valence-electron chi connectivity index (χ3n) is 4.00. The van der Waals surface area contributed by atoms with Crippen molar-refractivity contribution in [2.24, 2.45) is 5.41 Å². The van der Waals surface area contributed by atoms with Crippen LogP contribution in [0.4, 0.5) is 0 Å². The van der Waals surface area contributed by atoms with E-state index < -0.39 is 5.60 Å². The second-order valence-corrected chi connectivity index (χ2v) is 6.60. The third kappa shape index (κ3) is 4.94. The quantitative estimate of drug-likeness (QED) is 0.731. The summed E-state index contributed by atoms with van der Waals surface area (Å²) >= 11 is 0. The molecule has 106 valence electrons. The fourth-order valence-corrected chi connectivity index (χ4v) is 2.31. The molecular weight excluding hydrogens is 228 g/mol. The fraction of sp³-hybridized carbons (Fsp3) is 0.929. The molecule has 1 fully saturated rings. The summed E-state index contributed by atoms with van der Waals surface area (Å²) in [7, 11) is 3.53. The molecule has 4 heteroatoms. The number of carbonyl (C=O) groups is 1. The highest BCUT2D eigenvalue weighted by Gasteiger charge is 2.36. The fourth-order valence-electron chi connectivity index (χ4n) is 2.31. The molecule has 0 radical (unpaired) electrons. The maximum absolute atomic E-state index is 11.4. The van der Waals surface area contributed by atoms with E-state index in [-0.39, 0.29) is 5.91 Å². The van der Waals surface area contributed by atoms with Crippen LogP contribution < -0.4 is 5.32 Å². The van der Waals surface area contributed by atoms with Crippen LogP contribution >= 0.6 is 0 Å². The lowest BCUT2D eigenvalue weighted by molar-refractivity contribution is -0.128. The number of nitrogens with one attached hydrogen (secondary N) is 1. The number of amides is 1. The first-order valence-electron chi connectivity index (χ1n) is 6.87. The maximum Gasteiger partial charge on any atom is 0.223 e. The Morgan fingerprint density at radius 3 is 2.28 bits per heavy atom. The first kappa shape index (κ1) is 15.4. The number of aliphatic hydroxyl groups is 1. The Kier molecular flexibility index (Phi) is 5.17. The van der Waals surface area contributed by atoms with Crippen molar-refractivity contribution in [3.8, 4) is 0 Å². The molecule has 0 unspecified atom stereocenters. The van der Waals surface area contributed by atoms with Crippen LogP contribution in [0.3, 0.4) is 0 Å². The first-order chi connectivity index (χ1) is 8.24. The lowest BCUT2D eigenvalue weighted by Crippen LogP contribution is -2.45. The predicted molar refractivity (Wildman–Crippen MR) is 73.4 cm³/mol. The molecule has 0 spiro atoms. The van der Waals surface area contributed by atoms with E-state index in [1.54, 1.807) is 19.0 Å². The van der Waals surface area contributed by atoms with Gasteiger partial charge < -0.3 is 15.3 Å². The molecule has 0 aliphatic heterocycles. The van der Waals surface area contributed by atoms with E-state index in [9.17, 15) is 9.90 Å². The van der Waals surface area contributed by atoms with Gasteiger partial charge in [-0.2, -0.15) is 0 Å². The second kappa shape index (κ2) is 6.02. The number of rotatable bonds is 5. The Bertz CT molecular complexity index is 278. The summed E-state index contributed by atoms with van der Waals surface area (Å²) in [5, 5.41) is 13.6. The molecule has 1 aliphatic rings. The molecular formula is C14H28N2O2. The maximum atomic E-state index is 11.4. The third-order valence-corrected chi connectivity index (χ3v) is 4.00. The largest absolute Gasteiger partial charge is 0.389 e. The Labute approximate surface area is 111 Å². The van der Waals surface area contributed by atoms with Crippen LogP contribution in [0.2, 0.25) is 0 Å². The summed E-state index contributed by atoms with van der Waals surface area (Å²) in [5.74, 6) is 0.124. The lowest BCUT2D eigenvalue weighted by Gasteiger charge is -2.40. The molecule has 0 aromatic heterocycles. The second-order valence-electron chi connectivity index (χ2n) is 6.60. The van der Waals surface area contributed by atoms with Crippen LogP contribution in [-0.2, 0) is 4.79 Å². The molecule has 0 aromatic carbocycles. The van der Waals surface area contributed by atoms with Gasteiger partial charge in [0.2, 0.25) is 5.91 Å². The summed E-state index contributed by atoms with van der Waals surface area (Å²) < 4.78 is 0. The SMILES string of the molecule is CN(C)C(=O)CCNCC1(O)CCC(C)(C)CC1. The smallest absolute Gasteiger partial charge is 0.223 e. The Balaban J connectivity index is 2.21. The minimum absolute atomic E-state index is 0.124. The average Bonchev–Trinajstić information content (AvgIpc) is 2.29. The van der Waals surface area contributed by atoms with Gasteiger partial charge in [-0.25, -0.2) is 0 Å². The molecule has 1 saturated carbocycles. The highest BCUT2D eigenvalue weighted by Crippen LogP contribution is 2.39. The van der Waals surface area contributed by atoms with Gasteiger partial charge in [-0.3, -0.25) is 4.79 Å². The first-order valence-corrected chi connectivity index (χ1v) is 6.87. The van der Waals surface area contributed by atoms with Crippen LogP contribution in [0.25, 0.3) is 0 Å². The highest BCUT2D eigenvalue weighted by atomic mass is 16.3. The average molecular weight is 256 g/mol. The van der Waals surface area contributed by atoms with Crippen LogP contribution in [-0.4, -0.2) is 48.7 Å². The van der Waals surface area contributed by atoms with E-state index in [0.29, 0.717) is 24.9 Å². The molecule has 4 nitrogen and oxygen atoms in total. The highest BCUT2D eigenvalue weighted by molar-refractivity contribution is 5.75. The summed E-state index contributed by atoms with van der Waals surface area (Å²) in [4.78, 5) is 13.0. The monoisotopic (exact) mass is 256 g/mol. The van der Waals surface area contributed by atoms with Gasteiger partial charge in [0, 0.05) is 33.6 Å². The summed E-state index contributed by atoms with van der Waals surface area (Å²) in [6.07, 6.45) is 4.35. The van der Waals surface area contributed by atoms with Gasteiger partial charge in [0.05, 0.1) is 5.60 Å². The Hall–Kier alpha value is -0.610. The van der Waals surface area contributed by atoms with E-state index >= 15 is 0 Å². The van der Waals surface area contributed by atoms with Crippen LogP contribution in [0.5, 0.6) is 0 Å². The molecule has 1 aliphatic carbocycles. The Morgan fingerprint density at radius 2 is 1.78 bits per heavy atom. The zero-order valence-corrected chi connectivity index (χ0v) is 12.3. The summed E-state index contributed by atoms with van der Waals surface area (Å²) in [6, 6.07) is 0. The van der Waals surface area contributed by atoms with Gasteiger partial charge in [0.25, 0.3) is 0 Å². The number of nitrogens with zero attached hydrogens (tertiary/aromatic N) is 1.